The second kappa shape index (κ2) is 6.41. The number of alkyl halides is 2. The van der Waals surface area contributed by atoms with Gasteiger partial charge in [-0.05, 0) is 71.6 Å². The molecule has 7 rings (SSSR count). The molecule has 6 aliphatic carbocycles. The number of esters is 2. The molecule has 6 atom stereocenters. The van der Waals surface area contributed by atoms with Crippen LogP contribution in [0.4, 0.5) is 0 Å². The Labute approximate surface area is 207 Å². The van der Waals surface area contributed by atoms with Gasteiger partial charge in [0.2, 0.25) is 0 Å². The zero-order valence-corrected chi connectivity index (χ0v) is 22.9. The van der Waals surface area contributed by atoms with E-state index in [0.717, 1.165) is 25.7 Å². The van der Waals surface area contributed by atoms with E-state index in [0.29, 0.717) is 11.5 Å². The molecule has 0 heterocycles. The molecule has 1 aromatic rings. The molecule has 0 radical (unpaired) electrons. The van der Waals surface area contributed by atoms with Gasteiger partial charge in [-0.1, -0.05) is 73.4 Å². The summed E-state index contributed by atoms with van der Waals surface area (Å²) in [6.45, 7) is 13.2. The predicted molar refractivity (Wildman–Crippen MR) is 130 cm³/mol. The number of benzene rings is 1. The van der Waals surface area contributed by atoms with Crippen molar-refractivity contribution in [2.24, 2.45) is 32.5 Å². The molecule has 6 saturated carbocycles. The van der Waals surface area contributed by atoms with E-state index >= 15 is 0 Å². The topological polar surface area (TPSA) is 52.6 Å². The highest BCUT2D eigenvalue weighted by atomic mass is 79.9. The number of ether oxygens (including phenoxy) is 2. The van der Waals surface area contributed by atoms with Crippen LogP contribution < -0.4 is 9.47 Å². The van der Waals surface area contributed by atoms with Gasteiger partial charge in [0, 0.05) is 9.65 Å². The lowest BCUT2D eigenvalue weighted by Crippen LogP contribution is -2.68. The first-order valence-electron chi connectivity index (χ1n) is 11.6. The highest BCUT2D eigenvalue weighted by Crippen LogP contribution is 2.81. The minimum absolute atomic E-state index is 0.113. The number of fused-ring (bicyclic) bond motifs is 2. The Morgan fingerprint density at radius 3 is 1.22 bits per heavy atom. The van der Waals surface area contributed by atoms with Crippen LogP contribution in [-0.2, 0) is 9.59 Å². The van der Waals surface area contributed by atoms with Gasteiger partial charge in [0.25, 0.3) is 0 Å². The fourth-order valence-electron chi connectivity index (χ4n) is 7.78. The van der Waals surface area contributed by atoms with Crippen LogP contribution in [0.1, 0.15) is 67.2 Å². The van der Waals surface area contributed by atoms with Crippen LogP contribution in [0.15, 0.2) is 24.3 Å². The largest absolute Gasteiger partial charge is 0.426 e. The van der Waals surface area contributed by atoms with Crippen LogP contribution in [0.25, 0.3) is 0 Å². The van der Waals surface area contributed by atoms with Gasteiger partial charge < -0.3 is 9.47 Å². The summed E-state index contributed by atoms with van der Waals surface area (Å²) in [5, 5.41) is 0. The van der Waals surface area contributed by atoms with Gasteiger partial charge in [0.1, 0.15) is 11.5 Å². The van der Waals surface area contributed by atoms with Gasteiger partial charge in [-0.15, -0.1) is 0 Å². The number of hydrogen-bond acceptors (Lipinski definition) is 4. The van der Waals surface area contributed by atoms with Crippen molar-refractivity contribution in [3.63, 3.8) is 0 Å². The Morgan fingerprint density at radius 2 is 1.00 bits per heavy atom. The molecule has 4 bridgehead atoms. The molecule has 4 nitrogen and oxygen atoms in total. The summed E-state index contributed by atoms with van der Waals surface area (Å²) < 4.78 is 11.6. The molecule has 0 amide bonds. The van der Waals surface area contributed by atoms with Crippen molar-refractivity contribution in [3.8, 4) is 11.5 Å². The van der Waals surface area contributed by atoms with Crippen molar-refractivity contribution in [3.05, 3.63) is 24.3 Å². The highest BCUT2D eigenvalue weighted by molar-refractivity contribution is 9.09. The molecule has 0 aromatic heterocycles. The summed E-state index contributed by atoms with van der Waals surface area (Å²) in [6.07, 6.45) is 3.72. The Kier molecular flexibility index (Phi) is 4.59. The Bertz CT molecular complexity index is 936. The lowest BCUT2D eigenvalue weighted by atomic mass is 9.43. The van der Waals surface area contributed by atoms with Gasteiger partial charge in [-0.3, -0.25) is 9.59 Å². The molecule has 0 aliphatic heterocycles. The van der Waals surface area contributed by atoms with Gasteiger partial charge in [0.05, 0.1) is 10.8 Å². The average molecular weight is 568 g/mol. The SMILES string of the molecule is CC12CCC(C(=O)Oc3ccc(OC(=O)C45CCC(C)(C4Br)C5(C)C)cc3)(C1Br)C2(C)C. The van der Waals surface area contributed by atoms with E-state index in [2.05, 4.69) is 73.4 Å². The van der Waals surface area contributed by atoms with Gasteiger partial charge in [0.15, 0.2) is 0 Å². The zero-order valence-electron chi connectivity index (χ0n) is 19.7. The van der Waals surface area contributed by atoms with E-state index in [4.69, 9.17) is 9.47 Å². The third-order valence-electron chi connectivity index (χ3n) is 11.1. The second-order valence-corrected chi connectivity index (χ2v) is 13.8. The predicted octanol–water partition coefficient (Wildman–Crippen LogP) is 6.68. The van der Waals surface area contributed by atoms with Gasteiger partial charge >= 0.3 is 11.9 Å². The van der Waals surface area contributed by atoms with Crippen molar-refractivity contribution in [1.29, 1.82) is 0 Å². The Hall–Kier alpha value is -0.880. The number of carbonyl (C=O) groups is 2. The monoisotopic (exact) mass is 566 g/mol. The molecule has 6 heteroatoms. The molecule has 6 fully saturated rings. The fraction of sp³-hybridized carbons (Fsp3) is 0.692. The summed E-state index contributed by atoms with van der Waals surface area (Å²) in [6, 6.07) is 6.87. The maximum Gasteiger partial charge on any atom is 0.319 e. The molecule has 0 saturated heterocycles. The molecular formula is C26H32Br2O4. The molecule has 32 heavy (non-hydrogen) atoms. The number of halogens is 2. The van der Waals surface area contributed by atoms with Crippen molar-refractivity contribution in [2.75, 3.05) is 0 Å². The Balaban J connectivity index is 1.28. The number of carbonyl (C=O) groups excluding carboxylic acids is 2. The standard InChI is InChI=1S/C26H32Br2O4/c1-21(2)23(5)11-13-25(21,17(23)27)19(29)31-15-7-9-16(10-8-15)32-20(30)26-14-12-24(6,18(26)28)22(26,3)4/h7-10,17-18H,11-14H2,1-6H3. The minimum Gasteiger partial charge on any atom is -0.426 e. The van der Waals surface area contributed by atoms with Crippen LogP contribution in [0.5, 0.6) is 11.5 Å². The van der Waals surface area contributed by atoms with Crippen molar-refractivity contribution >= 4 is 43.8 Å². The first-order chi connectivity index (χ1) is 14.7. The second-order valence-electron chi connectivity index (χ2n) is 12.0. The van der Waals surface area contributed by atoms with Crippen molar-refractivity contribution in [1.82, 2.24) is 0 Å². The van der Waals surface area contributed by atoms with E-state index in [1.165, 1.54) is 0 Å². The normalized spacial score (nSPS) is 44.4. The van der Waals surface area contributed by atoms with Gasteiger partial charge in [-0.2, -0.15) is 0 Å². The average Bonchev–Trinajstić information content (AvgIpc) is 3.34. The molecule has 0 spiro atoms. The lowest BCUT2D eigenvalue weighted by Gasteiger charge is -2.63. The zero-order chi connectivity index (χ0) is 23.5. The minimum atomic E-state index is -0.498. The van der Waals surface area contributed by atoms with Crippen LogP contribution >= 0.6 is 31.9 Å². The van der Waals surface area contributed by atoms with Crippen LogP contribution in [0, 0.1) is 32.5 Å². The number of hydrogen-bond donors (Lipinski definition) is 0. The third-order valence-corrected chi connectivity index (χ3v) is 14.7. The molecule has 6 aliphatic rings. The van der Waals surface area contributed by atoms with Gasteiger partial charge in [-0.25, -0.2) is 0 Å². The maximum absolute atomic E-state index is 13.2. The van der Waals surface area contributed by atoms with Crippen LogP contribution in [0.2, 0.25) is 0 Å². The molecule has 1 aromatic carbocycles. The summed E-state index contributed by atoms with van der Waals surface area (Å²) >= 11 is 7.58. The maximum atomic E-state index is 13.2. The Morgan fingerprint density at radius 1 is 0.688 bits per heavy atom. The summed E-state index contributed by atoms with van der Waals surface area (Å²) in [4.78, 5) is 26.7. The van der Waals surface area contributed by atoms with E-state index in [-0.39, 0.29) is 43.3 Å². The molecule has 6 unspecified atom stereocenters. The van der Waals surface area contributed by atoms with E-state index in [9.17, 15) is 9.59 Å². The summed E-state index contributed by atoms with van der Waals surface area (Å²) in [5.74, 6) is 0.612. The summed E-state index contributed by atoms with van der Waals surface area (Å²) in [7, 11) is 0. The lowest BCUT2D eigenvalue weighted by molar-refractivity contribution is -0.177. The van der Waals surface area contributed by atoms with Crippen molar-refractivity contribution < 1.29 is 19.1 Å². The van der Waals surface area contributed by atoms with E-state index < -0.39 is 10.8 Å². The smallest absolute Gasteiger partial charge is 0.319 e. The number of rotatable bonds is 4. The highest BCUT2D eigenvalue weighted by Gasteiger charge is 2.82. The fourth-order valence-corrected chi connectivity index (χ4v) is 11.4. The van der Waals surface area contributed by atoms with Crippen LogP contribution in [-0.4, -0.2) is 21.6 Å². The first kappa shape index (κ1) is 22.9. The van der Waals surface area contributed by atoms with E-state index in [1.807, 2.05) is 0 Å². The molecule has 0 N–H and O–H groups in total. The van der Waals surface area contributed by atoms with E-state index in [1.54, 1.807) is 24.3 Å². The molecule has 174 valence electrons. The van der Waals surface area contributed by atoms with Crippen molar-refractivity contribution in [2.45, 2.75) is 76.9 Å². The van der Waals surface area contributed by atoms with Crippen LogP contribution in [0.3, 0.4) is 0 Å². The molecular weight excluding hydrogens is 536 g/mol. The quantitative estimate of drug-likeness (QED) is 0.231. The summed E-state index contributed by atoms with van der Waals surface area (Å²) in [5.41, 5.74) is -0.996. The first-order valence-corrected chi connectivity index (χ1v) is 13.4. The third kappa shape index (κ3) is 2.17.